The number of hydrogen-bond donors (Lipinski definition) is 1. The van der Waals surface area contributed by atoms with Crippen LogP contribution in [-0.2, 0) is 21.7 Å². The number of aliphatic hydroxyl groups is 1. The van der Waals surface area contributed by atoms with Crippen molar-refractivity contribution in [3.05, 3.63) is 59.4 Å². The summed E-state index contributed by atoms with van der Waals surface area (Å²) in [6, 6.07) is 7.79. The van der Waals surface area contributed by atoms with E-state index in [0.29, 0.717) is 45.0 Å². The first-order valence-corrected chi connectivity index (χ1v) is 11.7. The molecule has 0 aromatic heterocycles. The molecule has 0 aliphatic carbocycles. The van der Waals surface area contributed by atoms with E-state index in [1.54, 1.807) is 4.90 Å². The second-order valence-electron chi connectivity index (χ2n) is 8.89. The van der Waals surface area contributed by atoms with Gasteiger partial charge in [-0.15, -0.1) is 0 Å². The van der Waals surface area contributed by atoms with Crippen LogP contribution in [0.1, 0.15) is 18.1 Å². The molecular weight excluding hydrogens is 506 g/mol. The van der Waals surface area contributed by atoms with Crippen LogP contribution in [0.25, 0.3) is 0 Å². The minimum absolute atomic E-state index is 0.0191. The number of halogens is 6. The molecule has 7 nitrogen and oxygen atoms in total. The molecule has 0 spiro atoms. The molecule has 2 aromatic rings. The first-order valence-electron chi connectivity index (χ1n) is 11.7. The molecular formula is C24H28F6N4O3. The van der Waals surface area contributed by atoms with Gasteiger partial charge in [-0.3, -0.25) is 14.7 Å². The third-order valence-electron chi connectivity index (χ3n) is 6.19. The number of benzene rings is 2. The zero-order valence-electron chi connectivity index (χ0n) is 20.1. The van der Waals surface area contributed by atoms with Gasteiger partial charge in [-0.1, -0.05) is 5.17 Å². The molecule has 2 aliphatic rings. The molecule has 37 heavy (non-hydrogen) atoms. The zero-order chi connectivity index (χ0) is 26.8. The van der Waals surface area contributed by atoms with Crippen LogP contribution in [0.2, 0.25) is 0 Å². The lowest BCUT2D eigenvalue weighted by Crippen LogP contribution is -2.52. The Morgan fingerprint density at radius 2 is 1.62 bits per heavy atom. The molecule has 0 saturated carbocycles. The summed E-state index contributed by atoms with van der Waals surface area (Å²) in [5.74, 6) is -4.01. The number of hydroxylamine groups is 1. The number of ether oxygens (including phenoxy) is 1. The van der Waals surface area contributed by atoms with Crippen LogP contribution in [0, 0.1) is 5.82 Å². The monoisotopic (exact) mass is 534 g/mol. The summed E-state index contributed by atoms with van der Waals surface area (Å²) in [6.45, 7) is 2.27. The number of nitrogens with zero attached hydrogens (tertiary/aromatic N) is 4. The SMILES string of the molecule is CC(F)(F)c1cc(N2C(CN3CCOCC3)N(c3ccc(F)cc3)CN2OCCO)cc(C(F)(F)F)c1. The Balaban J connectivity index is 1.83. The topological polar surface area (TPSA) is 51.7 Å². The lowest BCUT2D eigenvalue weighted by atomic mass is 10.0. The standard InChI is InChI=1S/C24H28F6N4O3/c1-23(26,27)17-12-18(24(28,29)30)14-21(13-17)34-22(15-31-6-9-36-10-7-31)32(16-33(34)37-11-8-35)20-4-2-19(25)3-5-20/h2-5,12-14,22,35H,6-11,15-16H2,1H3. The number of hydrazine groups is 1. The van der Waals surface area contributed by atoms with Gasteiger partial charge in [0.05, 0.1) is 37.7 Å². The minimum Gasteiger partial charge on any atom is -0.394 e. The van der Waals surface area contributed by atoms with Crippen LogP contribution in [0.3, 0.4) is 0 Å². The highest BCUT2D eigenvalue weighted by molar-refractivity contribution is 5.58. The molecule has 1 unspecified atom stereocenters. The number of alkyl halides is 5. The lowest BCUT2D eigenvalue weighted by Gasteiger charge is -2.38. The Bertz CT molecular complexity index is 1010. The van der Waals surface area contributed by atoms with Crippen molar-refractivity contribution in [2.75, 3.05) is 62.6 Å². The summed E-state index contributed by atoms with van der Waals surface area (Å²) < 4.78 is 89.0. The van der Waals surface area contributed by atoms with Gasteiger partial charge in [0.15, 0.2) is 0 Å². The summed E-state index contributed by atoms with van der Waals surface area (Å²) in [7, 11) is 0. The van der Waals surface area contributed by atoms with E-state index in [1.165, 1.54) is 34.4 Å². The highest BCUT2D eigenvalue weighted by Gasteiger charge is 2.43. The molecule has 1 atom stereocenters. The van der Waals surface area contributed by atoms with E-state index < -0.39 is 35.2 Å². The van der Waals surface area contributed by atoms with Crippen molar-refractivity contribution in [3.8, 4) is 0 Å². The van der Waals surface area contributed by atoms with Crippen molar-refractivity contribution in [2.45, 2.75) is 25.2 Å². The highest BCUT2D eigenvalue weighted by atomic mass is 19.4. The van der Waals surface area contributed by atoms with Gasteiger partial charge >= 0.3 is 6.18 Å². The maximum Gasteiger partial charge on any atom is 0.416 e. The van der Waals surface area contributed by atoms with Crippen LogP contribution in [0.5, 0.6) is 0 Å². The fraction of sp³-hybridized carbons (Fsp3) is 0.500. The average molecular weight is 535 g/mol. The van der Waals surface area contributed by atoms with Crippen LogP contribution in [0.15, 0.2) is 42.5 Å². The van der Waals surface area contributed by atoms with Gasteiger partial charge in [-0.25, -0.2) is 13.2 Å². The summed E-state index contributed by atoms with van der Waals surface area (Å²) >= 11 is 0. The second kappa shape index (κ2) is 11.0. The van der Waals surface area contributed by atoms with Crippen LogP contribution < -0.4 is 9.91 Å². The van der Waals surface area contributed by atoms with Crippen molar-refractivity contribution in [2.24, 2.45) is 0 Å². The van der Waals surface area contributed by atoms with E-state index in [0.717, 1.165) is 12.1 Å². The molecule has 2 aliphatic heterocycles. The minimum atomic E-state index is -4.87. The maximum absolute atomic E-state index is 14.3. The number of hydrogen-bond acceptors (Lipinski definition) is 7. The molecule has 1 N–H and O–H groups in total. The van der Waals surface area contributed by atoms with Crippen LogP contribution in [0.4, 0.5) is 37.7 Å². The van der Waals surface area contributed by atoms with E-state index in [9.17, 15) is 31.4 Å². The Kier molecular flexibility index (Phi) is 8.19. The van der Waals surface area contributed by atoms with Crippen LogP contribution in [-0.4, -0.2) is 74.1 Å². The summed E-state index contributed by atoms with van der Waals surface area (Å²) in [6.07, 6.45) is -5.59. The third-order valence-corrected chi connectivity index (χ3v) is 6.19. The van der Waals surface area contributed by atoms with Gasteiger partial charge < -0.3 is 14.7 Å². The van der Waals surface area contributed by atoms with Gasteiger partial charge in [-0.2, -0.15) is 13.2 Å². The summed E-state index contributed by atoms with van der Waals surface area (Å²) in [4.78, 5) is 9.46. The normalized spacial score (nSPS) is 20.2. The number of anilines is 2. The molecule has 204 valence electrons. The summed E-state index contributed by atoms with van der Waals surface area (Å²) in [5, 5.41) is 11.9. The Labute approximate surface area is 210 Å². The van der Waals surface area contributed by atoms with Crippen molar-refractivity contribution in [1.29, 1.82) is 0 Å². The van der Waals surface area contributed by atoms with Crippen molar-refractivity contribution in [1.82, 2.24) is 10.1 Å². The van der Waals surface area contributed by atoms with Gasteiger partial charge in [-0.05, 0) is 42.5 Å². The summed E-state index contributed by atoms with van der Waals surface area (Å²) in [5.41, 5.74) is -1.64. The predicted octanol–water partition coefficient (Wildman–Crippen LogP) is 4.04. The van der Waals surface area contributed by atoms with Crippen molar-refractivity contribution in [3.63, 3.8) is 0 Å². The van der Waals surface area contributed by atoms with Gasteiger partial charge in [0.2, 0.25) is 0 Å². The van der Waals surface area contributed by atoms with Gasteiger partial charge in [0.25, 0.3) is 5.92 Å². The van der Waals surface area contributed by atoms with Gasteiger partial charge in [0.1, 0.15) is 18.7 Å². The zero-order valence-corrected chi connectivity index (χ0v) is 20.1. The number of aliphatic hydroxyl groups excluding tert-OH is 1. The molecule has 0 bridgehead atoms. The molecule has 2 heterocycles. The molecule has 0 amide bonds. The number of rotatable bonds is 8. The number of morpholine rings is 1. The quantitative estimate of drug-likeness (QED) is 0.514. The van der Waals surface area contributed by atoms with Gasteiger partial charge in [0, 0.05) is 37.8 Å². The van der Waals surface area contributed by atoms with Crippen molar-refractivity contribution >= 4 is 11.4 Å². The molecule has 2 saturated heterocycles. The highest BCUT2D eigenvalue weighted by Crippen LogP contribution is 2.40. The second-order valence-corrected chi connectivity index (χ2v) is 8.89. The Morgan fingerprint density at radius 3 is 2.22 bits per heavy atom. The largest absolute Gasteiger partial charge is 0.416 e. The molecule has 2 aromatic carbocycles. The first kappa shape index (κ1) is 27.5. The fourth-order valence-corrected chi connectivity index (χ4v) is 4.36. The van der Waals surface area contributed by atoms with Crippen LogP contribution >= 0.6 is 0 Å². The van der Waals surface area contributed by atoms with E-state index in [-0.39, 0.29) is 32.1 Å². The molecule has 0 radical (unpaired) electrons. The fourth-order valence-electron chi connectivity index (χ4n) is 4.36. The first-order chi connectivity index (χ1) is 17.5. The van der Waals surface area contributed by atoms with Crippen molar-refractivity contribution < 1.29 is 41.0 Å². The van der Waals surface area contributed by atoms with E-state index in [4.69, 9.17) is 9.57 Å². The predicted molar refractivity (Wildman–Crippen MR) is 123 cm³/mol. The van der Waals surface area contributed by atoms with E-state index >= 15 is 0 Å². The smallest absolute Gasteiger partial charge is 0.394 e. The average Bonchev–Trinajstić information content (AvgIpc) is 3.20. The Morgan fingerprint density at radius 1 is 0.973 bits per heavy atom. The molecule has 13 heteroatoms. The lowest BCUT2D eigenvalue weighted by molar-refractivity contribution is -0.161. The van der Waals surface area contributed by atoms with E-state index in [1.807, 2.05) is 4.90 Å². The Hall–Kier alpha value is -2.58. The maximum atomic E-state index is 14.3. The van der Waals surface area contributed by atoms with E-state index in [2.05, 4.69) is 0 Å². The molecule has 2 fully saturated rings. The molecule has 4 rings (SSSR count). The third kappa shape index (κ3) is 6.47.